The molecular formula is C13H10ClF2N3O4. The minimum absolute atomic E-state index is 0.0929. The molecule has 0 aliphatic carbocycles. The van der Waals surface area contributed by atoms with Crippen LogP contribution in [0.15, 0.2) is 30.6 Å². The van der Waals surface area contributed by atoms with Gasteiger partial charge in [0, 0.05) is 11.9 Å². The molecule has 7 nitrogen and oxygen atoms in total. The Morgan fingerprint density at radius 1 is 1.43 bits per heavy atom. The summed E-state index contributed by atoms with van der Waals surface area (Å²) in [7, 11) is 0. The molecule has 2 aromatic rings. The van der Waals surface area contributed by atoms with E-state index in [1.807, 2.05) is 0 Å². The van der Waals surface area contributed by atoms with Gasteiger partial charge in [-0.15, -0.1) is 0 Å². The first-order valence-electron chi connectivity index (χ1n) is 6.15. The minimum Gasteiger partial charge on any atom is -0.480 e. The van der Waals surface area contributed by atoms with Crippen molar-refractivity contribution in [3.05, 3.63) is 41.2 Å². The number of nitrogens with zero attached hydrogens (tertiary/aromatic N) is 2. The Morgan fingerprint density at radius 3 is 2.78 bits per heavy atom. The number of benzene rings is 1. The first kappa shape index (κ1) is 16.7. The lowest BCUT2D eigenvalue weighted by Gasteiger charge is -2.09. The van der Waals surface area contributed by atoms with Crippen LogP contribution < -0.4 is 10.1 Å². The highest BCUT2D eigenvalue weighted by molar-refractivity contribution is 6.32. The Hall–Kier alpha value is -2.68. The van der Waals surface area contributed by atoms with E-state index in [-0.39, 0.29) is 28.6 Å². The van der Waals surface area contributed by atoms with Crippen molar-refractivity contribution in [2.75, 3.05) is 5.32 Å². The molecule has 0 saturated heterocycles. The Bertz CT molecular complexity index is 736. The van der Waals surface area contributed by atoms with Gasteiger partial charge in [-0.2, -0.15) is 13.9 Å². The molecule has 1 aromatic heterocycles. The Balaban J connectivity index is 2.06. The Kier molecular flexibility index (Phi) is 5.12. The van der Waals surface area contributed by atoms with Crippen LogP contribution in [0.3, 0.4) is 0 Å². The number of aliphatic carboxylic acids is 1. The molecule has 0 aliphatic rings. The van der Waals surface area contributed by atoms with E-state index in [1.165, 1.54) is 30.6 Å². The van der Waals surface area contributed by atoms with E-state index < -0.39 is 18.5 Å². The molecule has 0 fully saturated rings. The molecule has 0 unspecified atom stereocenters. The Morgan fingerprint density at radius 2 is 2.17 bits per heavy atom. The molecule has 1 amide bonds. The second-order valence-corrected chi connectivity index (χ2v) is 4.71. The van der Waals surface area contributed by atoms with Gasteiger partial charge in [0.2, 0.25) is 0 Å². The maximum Gasteiger partial charge on any atom is 0.387 e. The van der Waals surface area contributed by atoms with Crippen LogP contribution in [0.5, 0.6) is 5.75 Å². The maximum atomic E-state index is 12.1. The summed E-state index contributed by atoms with van der Waals surface area (Å²) in [6.07, 6.45) is 2.47. The van der Waals surface area contributed by atoms with Gasteiger partial charge < -0.3 is 15.2 Å². The Labute approximate surface area is 133 Å². The molecule has 1 aromatic carbocycles. The molecule has 0 bridgehead atoms. The van der Waals surface area contributed by atoms with E-state index in [0.29, 0.717) is 0 Å². The lowest BCUT2D eigenvalue weighted by molar-refractivity contribution is -0.137. The minimum atomic E-state index is -3.01. The molecule has 10 heteroatoms. The van der Waals surface area contributed by atoms with Crippen molar-refractivity contribution in [2.24, 2.45) is 0 Å². The van der Waals surface area contributed by atoms with Gasteiger partial charge in [-0.3, -0.25) is 14.3 Å². The van der Waals surface area contributed by atoms with Gasteiger partial charge in [0.1, 0.15) is 12.3 Å². The second kappa shape index (κ2) is 7.05. The number of carboxylic acid groups (broad SMARTS) is 1. The summed E-state index contributed by atoms with van der Waals surface area (Å²) in [5.74, 6) is -1.87. The van der Waals surface area contributed by atoms with Gasteiger partial charge in [0.15, 0.2) is 0 Å². The molecule has 23 heavy (non-hydrogen) atoms. The molecule has 122 valence electrons. The van der Waals surface area contributed by atoms with Crippen LogP contribution in [-0.2, 0) is 11.3 Å². The van der Waals surface area contributed by atoms with Crippen LogP contribution in [0.1, 0.15) is 10.4 Å². The standard InChI is InChI=1S/C13H10ClF2N3O4/c14-9-3-8(1-2-10(9)23-13(15)16)18-12(22)7-4-17-19(5-7)6-11(20)21/h1-5,13H,6H2,(H,18,22)(H,20,21). The molecule has 2 rings (SSSR count). The number of ether oxygens (including phenoxy) is 1. The third-order valence-electron chi connectivity index (χ3n) is 2.60. The fourth-order valence-corrected chi connectivity index (χ4v) is 1.90. The fraction of sp³-hybridized carbons (Fsp3) is 0.154. The fourth-order valence-electron chi connectivity index (χ4n) is 1.68. The number of nitrogens with one attached hydrogen (secondary N) is 1. The largest absolute Gasteiger partial charge is 0.480 e. The van der Waals surface area contributed by atoms with Gasteiger partial charge in [0.05, 0.1) is 16.8 Å². The molecule has 0 atom stereocenters. The molecule has 0 radical (unpaired) electrons. The average Bonchev–Trinajstić information content (AvgIpc) is 2.89. The number of carbonyl (C=O) groups is 2. The third-order valence-corrected chi connectivity index (χ3v) is 2.89. The van der Waals surface area contributed by atoms with Gasteiger partial charge in [-0.25, -0.2) is 0 Å². The predicted molar refractivity (Wildman–Crippen MR) is 75.9 cm³/mol. The highest BCUT2D eigenvalue weighted by Crippen LogP contribution is 2.29. The maximum absolute atomic E-state index is 12.1. The molecule has 0 spiro atoms. The summed E-state index contributed by atoms with van der Waals surface area (Å²) in [6.45, 7) is -3.38. The van der Waals surface area contributed by atoms with Crippen LogP contribution in [-0.4, -0.2) is 33.4 Å². The van der Waals surface area contributed by atoms with Crippen molar-refractivity contribution in [1.29, 1.82) is 0 Å². The van der Waals surface area contributed by atoms with Crippen molar-refractivity contribution < 1.29 is 28.2 Å². The topological polar surface area (TPSA) is 93.5 Å². The summed E-state index contributed by atoms with van der Waals surface area (Å²) >= 11 is 5.77. The van der Waals surface area contributed by atoms with Gasteiger partial charge >= 0.3 is 12.6 Å². The SMILES string of the molecule is O=C(O)Cn1cc(C(=O)Nc2ccc(OC(F)F)c(Cl)c2)cn1. The molecule has 2 N–H and O–H groups in total. The monoisotopic (exact) mass is 345 g/mol. The summed E-state index contributed by atoms with van der Waals surface area (Å²) in [5, 5.41) is 14.7. The van der Waals surface area contributed by atoms with E-state index in [0.717, 1.165) is 4.68 Å². The normalized spacial score (nSPS) is 10.6. The van der Waals surface area contributed by atoms with Crippen LogP contribution in [0.25, 0.3) is 0 Å². The third kappa shape index (κ3) is 4.65. The lowest BCUT2D eigenvalue weighted by atomic mass is 10.2. The van der Waals surface area contributed by atoms with Crippen LogP contribution in [0.2, 0.25) is 5.02 Å². The number of halogens is 3. The number of hydrogen-bond donors (Lipinski definition) is 2. The van der Waals surface area contributed by atoms with E-state index in [2.05, 4.69) is 15.2 Å². The first-order chi connectivity index (χ1) is 10.8. The number of rotatable bonds is 6. The highest BCUT2D eigenvalue weighted by Gasteiger charge is 2.13. The van der Waals surface area contributed by atoms with Crippen LogP contribution in [0, 0.1) is 0 Å². The van der Waals surface area contributed by atoms with E-state index in [4.69, 9.17) is 16.7 Å². The van der Waals surface area contributed by atoms with E-state index in [1.54, 1.807) is 0 Å². The quantitative estimate of drug-likeness (QED) is 0.839. The molecule has 0 saturated carbocycles. The number of alkyl halides is 2. The number of amides is 1. The molecule has 1 heterocycles. The number of anilines is 1. The van der Waals surface area contributed by atoms with Crippen molar-refractivity contribution >= 4 is 29.2 Å². The zero-order valence-corrected chi connectivity index (χ0v) is 12.1. The summed E-state index contributed by atoms with van der Waals surface area (Å²) in [6, 6.07) is 3.78. The molecule has 0 aliphatic heterocycles. The van der Waals surface area contributed by atoms with E-state index >= 15 is 0 Å². The summed E-state index contributed by atoms with van der Waals surface area (Å²) in [4.78, 5) is 22.5. The van der Waals surface area contributed by atoms with Crippen molar-refractivity contribution in [3.63, 3.8) is 0 Å². The number of aromatic nitrogens is 2. The zero-order chi connectivity index (χ0) is 17.0. The second-order valence-electron chi connectivity index (χ2n) is 4.30. The number of carbonyl (C=O) groups excluding carboxylic acids is 1. The van der Waals surface area contributed by atoms with Crippen molar-refractivity contribution in [1.82, 2.24) is 9.78 Å². The number of carboxylic acids is 1. The van der Waals surface area contributed by atoms with Crippen molar-refractivity contribution in [2.45, 2.75) is 13.2 Å². The summed E-state index contributed by atoms with van der Waals surface area (Å²) in [5.41, 5.74) is 0.392. The predicted octanol–water partition coefficient (Wildman–Crippen LogP) is 2.47. The van der Waals surface area contributed by atoms with Crippen LogP contribution >= 0.6 is 11.6 Å². The van der Waals surface area contributed by atoms with Gasteiger partial charge in [-0.05, 0) is 18.2 Å². The van der Waals surface area contributed by atoms with Gasteiger partial charge in [0.25, 0.3) is 5.91 Å². The highest BCUT2D eigenvalue weighted by atomic mass is 35.5. The summed E-state index contributed by atoms with van der Waals surface area (Å²) < 4.78 is 29.5. The first-order valence-corrected chi connectivity index (χ1v) is 6.53. The zero-order valence-electron chi connectivity index (χ0n) is 11.4. The molecular weight excluding hydrogens is 336 g/mol. The smallest absolute Gasteiger partial charge is 0.387 e. The van der Waals surface area contributed by atoms with Crippen molar-refractivity contribution in [3.8, 4) is 5.75 Å². The average molecular weight is 346 g/mol. The van der Waals surface area contributed by atoms with E-state index in [9.17, 15) is 18.4 Å². The lowest BCUT2D eigenvalue weighted by Crippen LogP contribution is -2.12. The van der Waals surface area contributed by atoms with Crippen LogP contribution in [0.4, 0.5) is 14.5 Å². The van der Waals surface area contributed by atoms with Gasteiger partial charge in [-0.1, -0.05) is 11.6 Å². The number of hydrogen-bond acceptors (Lipinski definition) is 4.